The number of primary amides is 1. The van der Waals surface area contributed by atoms with Crippen LogP contribution in [0, 0.1) is 0 Å². The molecule has 8 heteroatoms. The third-order valence-electron chi connectivity index (χ3n) is 4.55. The Morgan fingerprint density at radius 3 is 2.55 bits per heavy atom. The highest BCUT2D eigenvalue weighted by Gasteiger charge is 2.13. The molecule has 31 heavy (non-hydrogen) atoms. The zero-order valence-corrected chi connectivity index (χ0v) is 16.3. The number of hydrogen-bond donors (Lipinski definition) is 2. The fourth-order valence-electron chi connectivity index (χ4n) is 3.01. The van der Waals surface area contributed by atoms with Gasteiger partial charge in [0.05, 0.1) is 22.7 Å². The van der Waals surface area contributed by atoms with Crippen molar-refractivity contribution >= 4 is 23.0 Å². The Labute approximate surface area is 176 Å². The maximum atomic E-state index is 13.1. The van der Waals surface area contributed by atoms with E-state index in [0.717, 1.165) is 4.68 Å². The van der Waals surface area contributed by atoms with E-state index in [1.807, 2.05) is 0 Å². The van der Waals surface area contributed by atoms with E-state index in [0.29, 0.717) is 16.5 Å². The second-order valence-electron chi connectivity index (χ2n) is 6.65. The highest BCUT2D eigenvalue weighted by atomic mass is 16.5. The molecule has 0 bridgehead atoms. The first-order chi connectivity index (χ1) is 15.0. The quantitative estimate of drug-likeness (QED) is 0.470. The Kier molecular flexibility index (Phi) is 5.44. The first-order valence-electron chi connectivity index (χ1n) is 9.38. The van der Waals surface area contributed by atoms with E-state index in [1.165, 1.54) is 18.3 Å². The number of nitrogens with zero attached hydrogens (tertiary/aromatic N) is 3. The summed E-state index contributed by atoms with van der Waals surface area (Å²) in [4.78, 5) is 29.2. The Balaban J connectivity index is 1.75. The number of fused-ring (bicyclic) bond motifs is 1. The molecule has 154 valence electrons. The van der Waals surface area contributed by atoms with Gasteiger partial charge in [-0.25, -0.2) is 4.98 Å². The monoisotopic (exact) mass is 414 g/mol. The van der Waals surface area contributed by atoms with Gasteiger partial charge in [-0.1, -0.05) is 24.3 Å². The van der Waals surface area contributed by atoms with Crippen molar-refractivity contribution < 1.29 is 14.6 Å². The maximum Gasteiger partial charge on any atom is 0.282 e. The average Bonchev–Trinajstić information content (AvgIpc) is 2.78. The number of phenolic OH excluding ortho intramolecular Hbond substituents is 1. The van der Waals surface area contributed by atoms with Crippen molar-refractivity contribution in [1.29, 1.82) is 0 Å². The lowest BCUT2D eigenvalue weighted by Crippen LogP contribution is -2.24. The largest absolute Gasteiger partial charge is 0.508 e. The Hall–Kier alpha value is -4.46. The van der Waals surface area contributed by atoms with Crippen molar-refractivity contribution in [3.05, 3.63) is 100 Å². The Morgan fingerprint density at radius 2 is 1.77 bits per heavy atom. The van der Waals surface area contributed by atoms with E-state index in [9.17, 15) is 14.7 Å². The van der Waals surface area contributed by atoms with Crippen molar-refractivity contribution in [2.45, 2.75) is 6.61 Å². The molecule has 0 spiro atoms. The average molecular weight is 414 g/mol. The number of rotatable bonds is 6. The number of benzene rings is 3. The summed E-state index contributed by atoms with van der Waals surface area (Å²) in [5.74, 6) is 0.0400. The molecule has 0 unspecified atom stereocenters. The van der Waals surface area contributed by atoms with E-state index in [4.69, 9.17) is 10.5 Å². The van der Waals surface area contributed by atoms with Crippen LogP contribution in [0.25, 0.3) is 10.9 Å². The molecule has 1 aromatic heterocycles. The summed E-state index contributed by atoms with van der Waals surface area (Å²) >= 11 is 0. The number of nitrogens with two attached hydrogens (primary N) is 1. The van der Waals surface area contributed by atoms with E-state index in [1.54, 1.807) is 60.7 Å². The molecule has 0 saturated carbocycles. The van der Waals surface area contributed by atoms with Crippen LogP contribution in [0.5, 0.6) is 11.5 Å². The van der Waals surface area contributed by atoms with Gasteiger partial charge in [0.15, 0.2) is 5.82 Å². The number of amides is 1. The van der Waals surface area contributed by atoms with Crippen molar-refractivity contribution in [3.8, 4) is 11.5 Å². The number of carbonyl (C=O) groups excluding carboxylic acids is 1. The van der Waals surface area contributed by atoms with Crippen LogP contribution in [0.1, 0.15) is 21.7 Å². The molecule has 4 aromatic rings. The van der Waals surface area contributed by atoms with Crippen LogP contribution in [0.3, 0.4) is 0 Å². The first-order valence-corrected chi connectivity index (χ1v) is 9.38. The maximum absolute atomic E-state index is 13.1. The van der Waals surface area contributed by atoms with Gasteiger partial charge in [-0.15, -0.1) is 0 Å². The molecule has 0 atom stereocenters. The second-order valence-corrected chi connectivity index (χ2v) is 6.65. The fraction of sp³-hybridized carbons (Fsp3) is 0.0435. The number of aromatic nitrogens is 2. The van der Waals surface area contributed by atoms with E-state index < -0.39 is 5.91 Å². The molecule has 8 nitrogen and oxygen atoms in total. The van der Waals surface area contributed by atoms with Crippen molar-refractivity contribution in [1.82, 2.24) is 9.66 Å². The molecule has 0 saturated heterocycles. The van der Waals surface area contributed by atoms with Gasteiger partial charge in [0.2, 0.25) is 0 Å². The normalized spacial score (nSPS) is 11.1. The molecule has 0 aliphatic carbocycles. The topological polar surface area (TPSA) is 120 Å². The molecular weight excluding hydrogens is 396 g/mol. The lowest BCUT2D eigenvalue weighted by molar-refractivity contribution is 0.0995. The summed E-state index contributed by atoms with van der Waals surface area (Å²) in [6, 6.07) is 19.9. The summed E-state index contributed by atoms with van der Waals surface area (Å²) in [5.41, 5.74) is 6.46. The number of aromatic hydroxyl groups is 1. The predicted molar refractivity (Wildman–Crippen MR) is 116 cm³/mol. The zero-order chi connectivity index (χ0) is 21.8. The van der Waals surface area contributed by atoms with Crippen LogP contribution >= 0.6 is 0 Å². The molecule has 0 aliphatic rings. The van der Waals surface area contributed by atoms with E-state index >= 15 is 0 Å². The Bertz CT molecular complexity index is 1340. The minimum absolute atomic E-state index is 0.114. The second kappa shape index (κ2) is 8.50. The molecule has 3 aromatic carbocycles. The highest BCUT2D eigenvalue weighted by molar-refractivity contribution is 5.95. The van der Waals surface area contributed by atoms with Crippen molar-refractivity contribution in [2.75, 3.05) is 0 Å². The zero-order valence-electron chi connectivity index (χ0n) is 16.3. The summed E-state index contributed by atoms with van der Waals surface area (Å²) in [6.07, 6.45) is 1.48. The molecule has 4 rings (SSSR count). The lowest BCUT2D eigenvalue weighted by Gasteiger charge is -2.12. The minimum Gasteiger partial charge on any atom is -0.508 e. The van der Waals surface area contributed by atoms with E-state index in [2.05, 4.69) is 10.1 Å². The van der Waals surface area contributed by atoms with Crippen LogP contribution in [-0.2, 0) is 6.61 Å². The highest BCUT2D eigenvalue weighted by Crippen LogP contribution is 2.19. The van der Waals surface area contributed by atoms with Crippen LogP contribution in [-0.4, -0.2) is 26.9 Å². The number of para-hydroxylation sites is 2. The predicted octanol–water partition coefficient (Wildman–Crippen LogP) is 2.66. The number of carbonyl (C=O) groups is 1. The lowest BCUT2D eigenvalue weighted by atomic mass is 10.2. The molecular formula is C23H18N4O4. The number of ether oxygens (including phenoxy) is 1. The molecule has 0 radical (unpaired) electrons. The molecule has 0 aliphatic heterocycles. The summed E-state index contributed by atoms with van der Waals surface area (Å²) < 4.78 is 6.92. The van der Waals surface area contributed by atoms with Crippen LogP contribution in [0.4, 0.5) is 0 Å². The van der Waals surface area contributed by atoms with E-state index in [-0.39, 0.29) is 35.1 Å². The van der Waals surface area contributed by atoms with Crippen LogP contribution in [0.15, 0.2) is 82.7 Å². The SMILES string of the molecule is NC(=O)c1ccccc1OCc1nc2ccccc2c(=O)n1/N=C/c1ccc(O)cc1. The van der Waals surface area contributed by atoms with Crippen molar-refractivity contribution in [3.63, 3.8) is 0 Å². The summed E-state index contributed by atoms with van der Waals surface area (Å²) in [7, 11) is 0. The third kappa shape index (κ3) is 4.27. The summed E-state index contributed by atoms with van der Waals surface area (Å²) in [6.45, 7) is -0.114. The molecule has 1 heterocycles. The van der Waals surface area contributed by atoms with Gasteiger partial charge < -0.3 is 15.6 Å². The van der Waals surface area contributed by atoms with Crippen LogP contribution in [0.2, 0.25) is 0 Å². The number of phenols is 1. The van der Waals surface area contributed by atoms with Gasteiger partial charge in [-0.05, 0) is 54.1 Å². The van der Waals surface area contributed by atoms with Crippen LogP contribution < -0.4 is 16.0 Å². The van der Waals surface area contributed by atoms with Gasteiger partial charge >= 0.3 is 0 Å². The number of hydrogen-bond acceptors (Lipinski definition) is 6. The smallest absolute Gasteiger partial charge is 0.282 e. The van der Waals surface area contributed by atoms with Gasteiger partial charge in [-0.2, -0.15) is 9.78 Å². The minimum atomic E-state index is -0.621. The Morgan fingerprint density at radius 1 is 1.06 bits per heavy atom. The van der Waals surface area contributed by atoms with Crippen molar-refractivity contribution in [2.24, 2.45) is 10.8 Å². The van der Waals surface area contributed by atoms with Gasteiger partial charge in [0, 0.05) is 0 Å². The molecule has 1 amide bonds. The molecule has 0 fully saturated rings. The molecule has 3 N–H and O–H groups in total. The van der Waals surface area contributed by atoms with Gasteiger partial charge in [0.25, 0.3) is 11.5 Å². The van der Waals surface area contributed by atoms with Gasteiger partial charge in [0.1, 0.15) is 18.1 Å². The standard InChI is InChI=1S/C23H18N4O4/c24-22(29)18-6-2-4-8-20(18)31-14-21-26-19-7-3-1-5-17(19)23(30)27(21)25-13-15-9-11-16(28)12-10-15/h1-13,28H,14H2,(H2,24,29)/b25-13+. The third-order valence-corrected chi connectivity index (χ3v) is 4.55. The summed E-state index contributed by atoms with van der Waals surface area (Å²) in [5, 5.41) is 14.1. The van der Waals surface area contributed by atoms with Gasteiger partial charge in [-0.3, -0.25) is 9.59 Å². The fourth-order valence-corrected chi connectivity index (χ4v) is 3.01. The first kappa shape index (κ1) is 19.8.